The number of benzene rings is 2. The molecule has 6 nitrogen and oxygen atoms in total. The van der Waals surface area contributed by atoms with Crippen LogP contribution in [0, 0.1) is 0 Å². The van der Waals surface area contributed by atoms with Crippen molar-refractivity contribution in [3.05, 3.63) is 77.2 Å². The molecule has 33 heavy (non-hydrogen) atoms. The molecule has 1 aromatic heterocycles. The van der Waals surface area contributed by atoms with Gasteiger partial charge < -0.3 is 20.1 Å². The molecule has 1 atom stereocenters. The van der Waals surface area contributed by atoms with Crippen LogP contribution < -0.4 is 10.6 Å². The minimum atomic E-state index is -0.565. The van der Waals surface area contributed by atoms with E-state index in [1.165, 1.54) is 11.3 Å². The van der Waals surface area contributed by atoms with Crippen LogP contribution in [0.25, 0.3) is 11.1 Å². The molecule has 1 amide bonds. The Morgan fingerprint density at radius 3 is 2.33 bits per heavy atom. The largest absolute Gasteiger partial charge is 0.462 e. The molecule has 3 aromatic rings. The Balaban J connectivity index is 1.85. The Hall–Kier alpha value is -3.00. The molecule has 0 fully saturated rings. The lowest BCUT2D eigenvalue weighted by Crippen LogP contribution is -2.34. The predicted molar refractivity (Wildman–Crippen MR) is 133 cm³/mol. The summed E-state index contributed by atoms with van der Waals surface area (Å²) in [6.07, 6.45) is 0.787. The molecule has 0 spiro atoms. The van der Waals surface area contributed by atoms with Gasteiger partial charge in [-0.25, -0.2) is 4.79 Å². The fourth-order valence-electron chi connectivity index (χ4n) is 3.44. The van der Waals surface area contributed by atoms with Gasteiger partial charge in [0.15, 0.2) is 0 Å². The number of hydrogen-bond donors (Lipinski definition) is 2. The van der Waals surface area contributed by atoms with E-state index in [1.807, 2.05) is 73.0 Å². The van der Waals surface area contributed by atoms with Gasteiger partial charge in [-0.15, -0.1) is 11.3 Å². The van der Waals surface area contributed by atoms with E-state index in [2.05, 4.69) is 10.6 Å². The van der Waals surface area contributed by atoms with Crippen LogP contribution in [0.1, 0.15) is 42.2 Å². The summed E-state index contributed by atoms with van der Waals surface area (Å²) in [5.41, 5.74) is 2.87. The van der Waals surface area contributed by atoms with Crippen molar-refractivity contribution in [3.8, 4) is 11.1 Å². The third kappa shape index (κ3) is 6.74. The maximum Gasteiger partial charge on any atom is 0.341 e. The highest BCUT2D eigenvalue weighted by Gasteiger charge is 2.26. The maximum atomic E-state index is 13.4. The van der Waals surface area contributed by atoms with E-state index < -0.39 is 12.0 Å². The predicted octanol–water partition coefficient (Wildman–Crippen LogP) is 5.29. The molecule has 2 aromatic carbocycles. The smallest absolute Gasteiger partial charge is 0.341 e. The molecule has 0 aliphatic rings. The van der Waals surface area contributed by atoms with Gasteiger partial charge >= 0.3 is 5.97 Å². The summed E-state index contributed by atoms with van der Waals surface area (Å²) in [5, 5.41) is 8.66. The number of thiophene rings is 1. The molecule has 0 saturated heterocycles. The van der Waals surface area contributed by atoms with Gasteiger partial charge in [0.05, 0.1) is 6.61 Å². The van der Waals surface area contributed by atoms with Gasteiger partial charge in [0, 0.05) is 24.2 Å². The van der Waals surface area contributed by atoms with Crippen LogP contribution in [-0.4, -0.2) is 38.2 Å². The van der Waals surface area contributed by atoms with Gasteiger partial charge in [0.25, 0.3) is 0 Å². The molecule has 0 bridgehead atoms. The van der Waals surface area contributed by atoms with E-state index in [0.717, 1.165) is 23.1 Å². The summed E-state index contributed by atoms with van der Waals surface area (Å²) in [4.78, 5) is 26.2. The summed E-state index contributed by atoms with van der Waals surface area (Å²) >= 11 is 1.32. The first-order chi connectivity index (χ1) is 16.2. The molecule has 1 heterocycles. The lowest BCUT2D eigenvalue weighted by atomic mass is 10.0. The number of hydrogen-bond acceptors (Lipinski definition) is 6. The van der Waals surface area contributed by atoms with Crippen molar-refractivity contribution in [1.29, 1.82) is 0 Å². The number of nitrogens with one attached hydrogen (secondary N) is 2. The van der Waals surface area contributed by atoms with Crippen LogP contribution >= 0.6 is 11.3 Å². The van der Waals surface area contributed by atoms with Crippen molar-refractivity contribution in [1.82, 2.24) is 5.32 Å². The lowest BCUT2D eigenvalue weighted by molar-refractivity contribution is -0.118. The monoisotopic (exact) mass is 466 g/mol. The minimum Gasteiger partial charge on any atom is -0.462 e. The summed E-state index contributed by atoms with van der Waals surface area (Å²) in [6, 6.07) is 18.6. The second-order valence-electron chi connectivity index (χ2n) is 7.28. The number of carbonyl (C=O) groups excluding carboxylic acids is 2. The van der Waals surface area contributed by atoms with E-state index in [0.29, 0.717) is 30.3 Å². The van der Waals surface area contributed by atoms with Crippen molar-refractivity contribution < 1.29 is 19.1 Å². The number of ether oxygens (including phenoxy) is 2. The number of carbonyl (C=O) groups is 2. The molecule has 7 heteroatoms. The van der Waals surface area contributed by atoms with Crippen molar-refractivity contribution in [2.24, 2.45) is 0 Å². The number of anilines is 1. The second-order valence-corrected chi connectivity index (χ2v) is 8.16. The Bertz CT molecular complexity index is 1020. The van der Waals surface area contributed by atoms with Crippen LogP contribution in [0.15, 0.2) is 66.0 Å². The van der Waals surface area contributed by atoms with Gasteiger partial charge in [-0.1, -0.05) is 60.7 Å². The normalized spacial score (nSPS) is 11.7. The van der Waals surface area contributed by atoms with Gasteiger partial charge in [0.1, 0.15) is 16.6 Å². The van der Waals surface area contributed by atoms with Crippen LogP contribution in [0.5, 0.6) is 0 Å². The zero-order chi connectivity index (χ0) is 23.5. The highest BCUT2D eigenvalue weighted by Crippen LogP contribution is 2.36. The van der Waals surface area contributed by atoms with Crippen LogP contribution in [0.2, 0.25) is 0 Å². The van der Waals surface area contributed by atoms with Gasteiger partial charge in [-0.05, 0) is 37.9 Å². The Kier molecular flexibility index (Phi) is 9.62. The zero-order valence-corrected chi connectivity index (χ0v) is 19.8. The molecule has 0 saturated carbocycles. The van der Waals surface area contributed by atoms with E-state index in [1.54, 1.807) is 6.92 Å². The summed E-state index contributed by atoms with van der Waals surface area (Å²) in [5.74, 6) is -0.682. The fraction of sp³-hybridized carbons (Fsp3) is 0.308. The average molecular weight is 467 g/mol. The molecular weight excluding hydrogens is 436 g/mol. The first kappa shape index (κ1) is 24.6. The molecule has 0 aliphatic carbocycles. The van der Waals surface area contributed by atoms with Crippen molar-refractivity contribution >= 4 is 28.2 Å². The first-order valence-corrected chi connectivity index (χ1v) is 12.0. The first-order valence-electron chi connectivity index (χ1n) is 11.2. The van der Waals surface area contributed by atoms with Crippen LogP contribution in [0.3, 0.4) is 0 Å². The lowest BCUT2D eigenvalue weighted by Gasteiger charge is -2.19. The molecule has 174 valence electrons. The number of esters is 1. The van der Waals surface area contributed by atoms with E-state index >= 15 is 0 Å². The summed E-state index contributed by atoms with van der Waals surface area (Å²) in [6.45, 7) is 5.90. The van der Waals surface area contributed by atoms with Crippen LogP contribution in [-0.2, 0) is 14.3 Å². The van der Waals surface area contributed by atoms with Gasteiger partial charge in [-0.2, -0.15) is 0 Å². The summed E-state index contributed by atoms with van der Waals surface area (Å²) < 4.78 is 10.7. The molecule has 0 radical (unpaired) electrons. The van der Waals surface area contributed by atoms with E-state index in [-0.39, 0.29) is 12.5 Å². The molecular formula is C26H30N2O4S. The van der Waals surface area contributed by atoms with E-state index in [9.17, 15) is 9.59 Å². The Morgan fingerprint density at radius 1 is 0.970 bits per heavy atom. The zero-order valence-electron chi connectivity index (χ0n) is 19.0. The number of rotatable bonds is 12. The fourth-order valence-corrected chi connectivity index (χ4v) is 4.40. The van der Waals surface area contributed by atoms with Gasteiger partial charge in [0.2, 0.25) is 5.91 Å². The van der Waals surface area contributed by atoms with Crippen molar-refractivity contribution in [2.75, 3.05) is 31.7 Å². The molecule has 2 N–H and O–H groups in total. The quantitative estimate of drug-likeness (QED) is 0.280. The van der Waals surface area contributed by atoms with Crippen molar-refractivity contribution in [3.63, 3.8) is 0 Å². The molecule has 3 rings (SSSR count). The standard InChI is InChI=1S/C26H30N2O4S/c1-3-31-17-11-16-27-23(20-14-9-6-10-15-20)24(29)28-25-22(26(30)32-4-2)21(18-33-25)19-12-7-5-8-13-19/h5-10,12-15,18,23,27H,3-4,11,16-17H2,1-2H3,(H,28,29). The second kappa shape index (κ2) is 12.9. The Morgan fingerprint density at radius 2 is 1.67 bits per heavy atom. The highest BCUT2D eigenvalue weighted by atomic mass is 32.1. The topological polar surface area (TPSA) is 76.7 Å². The SMILES string of the molecule is CCOCCCNC(C(=O)Nc1scc(-c2ccccc2)c1C(=O)OCC)c1ccccc1. The third-order valence-corrected chi connectivity index (χ3v) is 5.90. The van der Waals surface area contributed by atoms with E-state index in [4.69, 9.17) is 9.47 Å². The minimum absolute atomic E-state index is 0.232. The number of amides is 1. The molecule has 1 unspecified atom stereocenters. The van der Waals surface area contributed by atoms with Gasteiger partial charge in [-0.3, -0.25) is 4.79 Å². The Labute approximate surface area is 198 Å². The average Bonchev–Trinajstić information content (AvgIpc) is 3.26. The summed E-state index contributed by atoms with van der Waals surface area (Å²) in [7, 11) is 0. The maximum absolute atomic E-state index is 13.4. The van der Waals surface area contributed by atoms with Crippen molar-refractivity contribution in [2.45, 2.75) is 26.3 Å². The molecule has 0 aliphatic heterocycles. The highest BCUT2D eigenvalue weighted by molar-refractivity contribution is 7.15. The van der Waals surface area contributed by atoms with Crippen LogP contribution in [0.4, 0.5) is 5.00 Å². The third-order valence-electron chi connectivity index (χ3n) is 5.01.